The lowest BCUT2D eigenvalue weighted by Crippen LogP contribution is -1.53. The highest BCUT2D eigenvalue weighted by Gasteiger charge is 1.64. The van der Waals surface area contributed by atoms with Crippen LogP contribution in [0.1, 0.15) is 6.92 Å². The van der Waals surface area contributed by atoms with Crippen molar-refractivity contribution in [3.63, 3.8) is 0 Å². The lowest BCUT2D eigenvalue weighted by atomic mass is 10.3. The Balaban J connectivity index is 3.82. The van der Waals surface area contributed by atoms with Crippen molar-refractivity contribution in [2.45, 2.75) is 6.92 Å². The number of hydrogen-bond donors (Lipinski definition) is 0. The van der Waals surface area contributed by atoms with E-state index in [1.165, 1.54) is 6.20 Å². The summed E-state index contributed by atoms with van der Waals surface area (Å²) in [4.78, 5) is 3.45. The first-order valence-electron chi connectivity index (χ1n) is 2.29. The number of aliphatic imine (C=N–C) groups is 1. The molecule has 0 amide bonds. The smallest absolute Gasteiger partial charge is 0.0679 e. The van der Waals surface area contributed by atoms with Crippen LogP contribution in [0.5, 0.6) is 0 Å². The first-order valence-corrected chi connectivity index (χ1v) is 2.29. The molecule has 0 N–H and O–H groups in total. The van der Waals surface area contributed by atoms with Crippen LogP contribution in [0.2, 0.25) is 0 Å². The van der Waals surface area contributed by atoms with Gasteiger partial charge in [-0.15, -0.1) is 5.73 Å². The van der Waals surface area contributed by atoms with Crippen molar-refractivity contribution in [1.82, 2.24) is 0 Å². The first kappa shape index (κ1) is 6.93. The van der Waals surface area contributed by atoms with Crippen molar-refractivity contribution in [3.8, 4) is 0 Å². The molecule has 0 aliphatic carbocycles. The number of nitrogens with zero attached hydrogens (tertiary/aromatic N) is 1. The monoisotopic (exact) mass is 107 g/mol. The zero-order valence-corrected chi connectivity index (χ0v) is 5.02. The summed E-state index contributed by atoms with van der Waals surface area (Å²) in [6.07, 6.45) is 3.24. The van der Waals surface area contributed by atoms with E-state index in [-0.39, 0.29) is 0 Å². The highest BCUT2D eigenvalue weighted by Crippen LogP contribution is 1.84. The van der Waals surface area contributed by atoms with Crippen LogP contribution in [-0.2, 0) is 0 Å². The summed E-state index contributed by atoms with van der Waals surface area (Å²) in [7, 11) is 0. The maximum atomic E-state index is 3.63. The van der Waals surface area contributed by atoms with Crippen molar-refractivity contribution in [2.75, 3.05) is 0 Å². The largest absolute Gasteiger partial charge is 0.264 e. The van der Waals surface area contributed by atoms with Gasteiger partial charge in [-0.2, -0.15) is 0 Å². The minimum atomic E-state index is 0.963. The SMILES string of the molecule is C=NC=C=CC(=C)C. The van der Waals surface area contributed by atoms with Crippen molar-refractivity contribution >= 4 is 6.72 Å². The van der Waals surface area contributed by atoms with Gasteiger partial charge in [-0.1, -0.05) is 12.2 Å². The van der Waals surface area contributed by atoms with E-state index in [0.717, 1.165) is 5.57 Å². The van der Waals surface area contributed by atoms with Gasteiger partial charge in [-0.25, -0.2) is 0 Å². The van der Waals surface area contributed by atoms with Gasteiger partial charge in [0.05, 0.1) is 6.20 Å². The number of rotatable bonds is 2. The van der Waals surface area contributed by atoms with Crippen LogP contribution < -0.4 is 0 Å². The Morgan fingerprint density at radius 1 is 1.75 bits per heavy atom. The van der Waals surface area contributed by atoms with Gasteiger partial charge >= 0.3 is 0 Å². The maximum absolute atomic E-state index is 3.63. The molecule has 0 atom stereocenters. The molecule has 42 valence electrons. The van der Waals surface area contributed by atoms with Crippen LogP contribution in [-0.4, -0.2) is 6.72 Å². The molecule has 1 heteroatoms. The minimum Gasteiger partial charge on any atom is -0.264 e. The third-order valence-corrected chi connectivity index (χ3v) is 0.496. The molecule has 0 heterocycles. The van der Waals surface area contributed by atoms with Crippen LogP contribution >= 0.6 is 0 Å². The summed E-state index contributed by atoms with van der Waals surface area (Å²) in [6.45, 7) is 8.76. The highest BCUT2D eigenvalue weighted by atomic mass is 14.6. The standard InChI is InChI=1S/C7H9N/c1-7(2)5-4-6-8-3/h5-6H,1,3H2,2H3. The molecule has 0 aromatic carbocycles. The lowest BCUT2D eigenvalue weighted by molar-refractivity contribution is 1.55. The van der Waals surface area contributed by atoms with E-state index in [2.05, 4.69) is 24.0 Å². The van der Waals surface area contributed by atoms with E-state index >= 15 is 0 Å². The summed E-state index contributed by atoms with van der Waals surface area (Å²) in [5.41, 5.74) is 3.72. The average Bonchev–Trinajstić information content (AvgIpc) is 1.66. The summed E-state index contributed by atoms with van der Waals surface area (Å²) in [5, 5.41) is 0. The Morgan fingerprint density at radius 2 is 2.38 bits per heavy atom. The van der Waals surface area contributed by atoms with E-state index in [0.29, 0.717) is 0 Å². The second-order valence-electron chi connectivity index (χ2n) is 1.47. The van der Waals surface area contributed by atoms with E-state index in [1.807, 2.05) is 6.92 Å². The Morgan fingerprint density at radius 3 is 2.75 bits per heavy atom. The van der Waals surface area contributed by atoms with Gasteiger partial charge in [0.15, 0.2) is 0 Å². The van der Waals surface area contributed by atoms with Crippen LogP contribution in [0.25, 0.3) is 0 Å². The van der Waals surface area contributed by atoms with Crippen LogP contribution in [0, 0.1) is 0 Å². The summed E-state index contributed by atoms with van der Waals surface area (Å²) < 4.78 is 0. The predicted octanol–water partition coefficient (Wildman–Crippen LogP) is 1.93. The molecule has 1 nitrogen and oxygen atoms in total. The van der Waals surface area contributed by atoms with Crippen molar-refractivity contribution < 1.29 is 0 Å². The predicted molar refractivity (Wildman–Crippen MR) is 37.0 cm³/mol. The maximum Gasteiger partial charge on any atom is 0.0679 e. The van der Waals surface area contributed by atoms with Gasteiger partial charge in [0.1, 0.15) is 0 Å². The fraction of sp³-hybridized carbons (Fsp3) is 0.143. The molecule has 0 spiro atoms. The van der Waals surface area contributed by atoms with E-state index in [1.54, 1.807) is 6.08 Å². The van der Waals surface area contributed by atoms with Crippen molar-refractivity contribution in [3.05, 3.63) is 30.2 Å². The molecule has 0 saturated heterocycles. The Kier molecular flexibility index (Phi) is 3.55. The lowest BCUT2D eigenvalue weighted by Gasteiger charge is -1.73. The molecule has 0 saturated carbocycles. The molecule has 8 heavy (non-hydrogen) atoms. The normalized spacial score (nSPS) is 6.62. The zero-order chi connectivity index (χ0) is 6.41. The van der Waals surface area contributed by atoms with Crippen LogP contribution in [0.3, 0.4) is 0 Å². The summed E-state index contributed by atoms with van der Waals surface area (Å²) >= 11 is 0. The summed E-state index contributed by atoms with van der Waals surface area (Å²) in [6, 6.07) is 0. The molecule has 0 fully saturated rings. The Hall–Kier alpha value is -1.07. The fourth-order valence-corrected chi connectivity index (χ4v) is 0.232. The van der Waals surface area contributed by atoms with Crippen molar-refractivity contribution in [2.24, 2.45) is 4.99 Å². The van der Waals surface area contributed by atoms with E-state index < -0.39 is 0 Å². The second kappa shape index (κ2) is 4.10. The molecule has 0 aliphatic rings. The van der Waals surface area contributed by atoms with Gasteiger partial charge in [0.25, 0.3) is 0 Å². The van der Waals surface area contributed by atoms with E-state index in [4.69, 9.17) is 0 Å². The topological polar surface area (TPSA) is 12.4 Å². The average molecular weight is 107 g/mol. The molecule has 0 aromatic rings. The third kappa shape index (κ3) is 4.93. The highest BCUT2D eigenvalue weighted by molar-refractivity contribution is 5.25. The number of hydrogen-bond acceptors (Lipinski definition) is 1. The fourth-order valence-electron chi connectivity index (χ4n) is 0.232. The Bertz CT molecular complexity index is 148. The molecule has 0 rings (SSSR count). The minimum absolute atomic E-state index is 0.963. The molecule has 0 aliphatic heterocycles. The quantitative estimate of drug-likeness (QED) is 0.290. The summed E-state index contributed by atoms with van der Waals surface area (Å²) in [5.74, 6) is 0. The van der Waals surface area contributed by atoms with Gasteiger partial charge in [-0.3, -0.25) is 4.99 Å². The van der Waals surface area contributed by atoms with Gasteiger partial charge < -0.3 is 0 Å². The van der Waals surface area contributed by atoms with E-state index in [9.17, 15) is 0 Å². The number of allylic oxidation sites excluding steroid dienone is 2. The van der Waals surface area contributed by atoms with Gasteiger partial charge in [-0.05, 0) is 19.7 Å². The van der Waals surface area contributed by atoms with Crippen LogP contribution in [0.15, 0.2) is 35.2 Å². The molecule has 0 unspecified atom stereocenters. The first-order chi connectivity index (χ1) is 3.77. The molecule has 0 radical (unpaired) electrons. The van der Waals surface area contributed by atoms with Gasteiger partial charge in [0, 0.05) is 0 Å². The molecular weight excluding hydrogens is 98.1 g/mol. The zero-order valence-electron chi connectivity index (χ0n) is 5.02. The Labute approximate surface area is 49.8 Å². The van der Waals surface area contributed by atoms with Gasteiger partial charge in [0.2, 0.25) is 0 Å². The third-order valence-electron chi connectivity index (χ3n) is 0.496. The second-order valence-corrected chi connectivity index (χ2v) is 1.47. The van der Waals surface area contributed by atoms with Crippen LogP contribution in [0.4, 0.5) is 0 Å². The molecule has 0 aromatic heterocycles. The van der Waals surface area contributed by atoms with Crippen molar-refractivity contribution in [1.29, 1.82) is 0 Å². The molecule has 0 bridgehead atoms. The molecular formula is C7H9N.